The summed E-state index contributed by atoms with van der Waals surface area (Å²) in [5.74, 6) is -0.0746. The smallest absolute Gasteiger partial charge is 0.324 e. The molecule has 0 heterocycles. The quantitative estimate of drug-likeness (QED) is 0.798. The van der Waals surface area contributed by atoms with Gasteiger partial charge in [-0.05, 0) is 38.8 Å². The van der Waals surface area contributed by atoms with Crippen LogP contribution in [0.5, 0.6) is 5.75 Å². The molecule has 0 unspecified atom stereocenters. The molecular formula is C20H25NO3. The van der Waals surface area contributed by atoms with E-state index in [0.717, 1.165) is 11.1 Å². The van der Waals surface area contributed by atoms with E-state index < -0.39 is 11.6 Å². The summed E-state index contributed by atoms with van der Waals surface area (Å²) < 4.78 is 5.53. The zero-order valence-electron chi connectivity index (χ0n) is 14.5. The van der Waals surface area contributed by atoms with Gasteiger partial charge < -0.3 is 9.84 Å². The number of esters is 1. The molecular weight excluding hydrogens is 302 g/mol. The van der Waals surface area contributed by atoms with E-state index in [0.29, 0.717) is 13.0 Å². The summed E-state index contributed by atoms with van der Waals surface area (Å²) in [5, 5.41) is 13.1. The molecule has 0 aromatic heterocycles. The average Bonchev–Trinajstić information content (AvgIpc) is 2.52. The average molecular weight is 327 g/mol. The lowest BCUT2D eigenvalue weighted by Gasteiger charge is -2.25. The largest absolute Gasteiger partial charge is 0.508 e. The molecule has 0 saturated carbocycles. The van der Waals surface area contributed by atoms with Crippen LogP contribution >= 0.6 is 0 Å². The maximum absolute atomic E-state index is 12.5. The Bertz CT molecular complexity index is 662. The molecule has 0 aliphatic rings. The fraction of sp³-hybridized carbons (Fsp3) is 0.350. The Kier molecular flexibility index (Phi) is 5.99. The Balaban J connectivity index is 2.10. The van der Waals surface area contributed by atoms with Crippen LogP contribution in [-0.4, -0.2) is 22.7 Å². The van der Waals surface area contributed by atoms with E-state index in [-0.39, 0.29) is 11.7 Å². The van der Waals surface area contributed by atoms with Gasteiger partial charge in [-0.1, -0.05) is 48.5 Å². The number of nitrogens with one attached hydrogen (secondary N) is 1. The monoisotopic (exact) mass is 327 g/mol. The SMILES string of the molecule is CC(C)(C)OC(=O)[C@H](Cc1ccccc1)NCc1ccccc1O. The second-order valence-electron chi connectivity index (χ2n) is 6.79. The van der Waals surface area contributed by atoms with Crippen LogP contribution in [0.25, 0.3) is 0 Å². The summed E-state index contributed by atoms with van der Waals surface area (Å²) in [7, 11) is 0. The van der Waals surface area contributed by atoms with Crippen LogP contribution in [0.3, 0.4) is 0 Å². The van der Waals surface area contributed by atoms with Crippen LogP contribution in [0, 0.1) is 0 Å². The second-order valence-corrected chi connectivity index (χ2v) is 6.79. The fourth-order valence-electron chi connectivity index (χ4n) is 2.36. The number of ether oxygens (including phenoxy) is 1. The first-order valence-corrected chi connectivity index (χ1v) is 8.12. The third kappa shape index (κ3) is 5.70. The first-order valence-electron chi connectivity index (χ1n) is 8.12. The number of hydrogen-bond acceptors (Lipinski definition) is 4. The van der Waals surface area contributed by atoms with Crippen molar-refractivity contribution in [1.29, 1.82) is 0 Å². The van der Waals surface area contributed by atoms with Crippen molar-refractivity contribution in [3.05, 3.63) is 65.7 Å². The molecule has 0 amide bonds. The molecule has 1 atom stereocenters. The predicted octanol–water partition coefficient (Wildman–Crippen LogP) is 3.43. The minimum atomic E-state index is -0.539. The highest BCUT2D eigenvalue weighted by atomic mass is 16.6. The van der Waals surface area contributed by atoms with Crippen molar-refractivity contribution in [1.82, 2.24) is 5.32 Å². The molecule has 2 aromatic carbocycles. The van der Waals surface area contributed by atoms with Gasteiger partial charge in [0.25, 0.3) is 0 Å². The highest BCUT2D eigenvalue weighted by molar-refractivity contribution is 5.76. The number of carbonyl (C=O) groups is 1. The zero-order valence-corrected chi connectivity index (χ0v) is 14.5. The number of para-hydroxylation sites is 1. The van der Waals surface area contributed by atoms with Gasteiger partial charge in [-0.25, -0.2) is 0 Å². The van der Waals surface area contributed by atoms with Crippen LogP contribution in [0.2, 0.25) is 0 Å². The highest BCUT2D eigenvalue weighted by Gasteiger charge is 2.25. The summed E-state index contributed by atoms with van der Waals surface area (Å²) in [6.07, 6.45) is 0.531. The van der Waals surface area contributed by atoms with Crippen molar-refractivity contribution in [3.8, 4) is 5.75 Å². The van der Waals surface area contributed by atoms with Crippen LogP contribution in [0.1, 0.15) is 31.9 Å². The molecule has 4 heteroatoms. The number of benzene rings is 2. The number of carbonyl (C=O) groups excluding carboxylic acids is 1. The summed E-state index contributed by atoms with van der Waals surface area (Å²) in [6.45, 7) is 5.96. The third-order valence-electron chi connectivity index (χ3n) is 3.50. The minimum Gasteiger partial charge on any atom is -0.508 e. The number of rotatable bonds is 6. The van der Waals surface area contributed by atoms with Crippen molar-refractivity contribution in [2.45, 2.75) is 45.4 Å². The van der Waals surface area contributed by atoms with Gasteiger partial charge in [0.15, 0.2) is 0 Å². The third-order valence-corrected chi connectivity index (χ3v) is 3.50. The molecule has 0 fully saturated rings. The van der Waals surface area contributed by atoms with Crippen molar-refractivity contribution < 1.29 is 14.6 Å². The lowest BCUT2D eigenvalue weighted by atomic mass is 10.0. The van der Waals surface area contributed by atoms with Gasteiger partial charge >= 0.3 is 5.97 Å². The van der Waals surface area contributed by atoms with Crippen molar-refractivity contribution >= 4 is 5.97 Å². The van der Waals surface area contributed by atoms with Crippen LogP contribution in [0.15, 0.2) is 54.6 Å². The summed E-state index contributed by atoms with van der Waals surface area (Å²) in [4.78, 5) is 12.5. The lowest BCUT2D eigenvalue weighted by Crippen LogP contribution is -2.42. The Morgan fingerprint density at radius 1 is 1.08 bits per heavy atom. The van der Waals surface area contributed by atoms with Gasteiger partial charge in [0, 0.05) is 12.1 Å². The van der Waals surface area contributed by atoms with Crippen LogP contribution in [-0.2, 0) is 22.5 Å². The molecule has 0 bridgehead atoms. The van der Waals surface area contributed by atoms with Gasteiger partial charge in [0.05, 0.1) is 0 Å². The molecule has 128 valence electrons. The zero-order chi connectivity index (χ0) is 17.6. The van der Waals surface area contributed by atoms with E-state index in [1.54, 1.807) is 12.1 Å². The Labute approximate surface area is 143 Å². The molecule has 0 saturated heterocycles. The number of hydrogen-bond donors (Lipinski definition) is 2. The number of phenolic OH excluding ortho intramolecular Hbond substituents is 1. The predicted molar refractivity (Wildman–Crippen MR) is 94.7 cm³/mol. The summed E-state index contributed by atoms with van der Waals surface area (Å²) in [6, 6.07) is 16.4. The lowest BCUT2D eigenvalue weighted by molar-refractivity contribution is -0.157. The summed E-state index contributed by atoms with van der Waals surface area (Å²) >= 11 is 0. The Morgan fingerprint density at radius 3 is 2.33 bits per heavy atom. The van der Waals surface area contributed by atoms with E-state index in [1.165, 1.54) is 0 Å². The van der Waals surface area contributed by atoms with Crippen molar-refractivity contribution in [2.75, 3.05) is 0 Å². The summed E-state index contributed by atoms with van der Waals surface area (Å²) in [5.41, 5.74) is 1.26. The first kappa shape index (κ1) is 18.0. The maximum atomic E-state index is 12.5. The molecule has 0 radical (unpaired) electrons. The number of aromatic hydroxyl groups is 1. The molecule has 24 heavy (non-hydrogen) atoms. The van der Waals surface area contributed by atoms with Gasteiger partial charge in [-0.3, -0.25) is 10.1 Å². The van der Waals surface area contributed by atoms with E-state index in [4.69, 9.17) is 4.74 Å². The topological polar surface area (TPSA) is 58.6 Å². The Morgan fingerprint density at radius 2 is 1.71 bits per heavy atom. The molecule has 0 aliphatic heterocycles. The first-order chi connectivity index (χ1) is 11.3. The fourth-order valence-corrected chi connectivity index (χ4v) is 2.36. The van der Waals surface area contributed by atoms with Crippen molar-refractivity contribution in [3.63, 3.8) is 0 Å². The van der Waals surface area contributed by atoms with Crippen LogP contribution < -0.4 is 5.32 Å². The van der Waals surface area contributed by atoms with Gasteiger partial charge in [0.1, 0.15) is 17.4 Å². The maximum Gasteiger partial charge on any atom is 0.324 e. The second kappa shape index (κ2) is 7.97. The Hall–Kier alpha value is -2.33. The highest BCUT2D eigenvalue weighted by Crippen LogP contribution is 2.16. The van der Waals surface area contributed by atoms with E-state index in [9.17, 15) is 9.90 Å². The van der Waals surface area contributed by atoms with E-state index >= 15 is 0 Å². The standard InChI is InChI=1S/C20H25NO3/c1-20(2,3)24-19(23)17(13-15-9-5-4-6-10-15)21-14-16-11-7-8-12-18(16)22/h4-12,17,21-22H,13-14H2,1-3H3/t17-/m0/s1. The van der Waals surface area contributed by atoms with Crippen molar-refractivity contribution in [2.24, 2.45) is 0 Å². The van der Waals surface area contributed by atoms with E-state index in [2.05, 4.69) is 5.32 Å². The molecule has 0 aliphatic carbocycles. The van der Waals surface area contributed by atoms with E-state index in [1.807, 2.05) is 63.2 Å². The molecule has 2 aromatic rings. The van der Waals surface area contributed by atoms with Gasteiger partial charge in [-0.15, -0.1) is 0 Å². The van der Waals surface area contributed by atoms with Gasteiger partial charge in [0.2, 0.25) is 0 Å². The minimum absolute atomic E-state index is 0.215. The normalized spacial score (nSPS) is 12.6. The van der Waals surface area contributed by atoms with Crippen LogP contribution in [0.4, 0.5) is 0 Å². The molecule has 0 spiro atoms. The molecule has 4 nitrogen and oxygen atoms in total. The number of phenols is 1. The van der Waals surface area contributed by atoms with Gasteiger partial charge in [-0.2, -0.15) is 0 Å². The molecule has 2 rings (SSSR count). The molecule has 2 N–H and O–H groups in total.